The molecule has 0 bridgehead atoms. The molecule has 0 spiro atoms. The molecule has 144 valence electrons. The van der Waals surface area contributed by atoms with Crippen LogP contribution in [0.15, 0.2) is 65.2 Å². The largest absolute Gasteiger partial charge is 0.256 e. The molecule has 0 saturated heterocycles. The predicted octanol–water partition coefficient (Wildman–Crippen LogP) is 4.21. The number of aliphatic imine (C=N–C) groups is 1. The topological polar surface area (TPSA) is 84.5 Å². The van der Waals surface area contributed by atoms with Gasteiger partial charge in [0.1, 0.15) is 23.0 Å². The molecule has 0 saturated carbocycles. The number of fused-ring (bicyclic) bond motifs is 1. The van der Waals surface area contributed by atoms with Gasteiger partial charge in [-0.25, -0.2) is 5.01 Å². The Morgan fingerprint density at radius 2 is 1.79 bits per heavy atom. The molecular weight excluding hydrogens is 404 g/mol. The number of hydrogen-bond donors (Lipinski definition) is 0. The molecule has 1 atom stereocenters. The van der Waals surface area contributed by atoms with Gasteiger partial charge >= 0.3 is 0 Å². The van der Waals surface area contributed by atoms with E-state index in [1.165, 1.54) is 27.7 Å². The molecule has 5 rings (SSSR count). The van der Waals surface area contributed by atoms with Gasteiger partial charge in [0, 0.05) is 0 Å². The fraction of sp³-hybridized carbons (Fsp3) is 0.158. The van der Waals surface area contributed by atoms with Crippen molar-refractivity contribution in [1.82, 2.24) is 30.0 Å². The highest BCUT2D eigenvalue weighted by molar-refractivity contribution is 8.14. The molecule has 0 radical (unpaired) electrons. The average Bonchev–Trinajstić information content (AvgIpc) is 3.47. The summed E-state index contributed by atoms with van der Waals surface area (Å²) in [6.07, 6.45) is 3.22. The van der Waals surface area contributed by atoms with Gasteiger partial charge in [-0.1, -0.05) is 65.6 Å². The summed E-state index contributed by atoms with van der Waals surface area (Å²) in [5.74, 6) is 0.577. The van der Waals surface area contributed by atoms with Crippen LogP contribution in [-0.2, 0) is 0 Å². The van der Waals surface area contributed by atoms with E-state index in [4.69, 9.17) is 10.1 Å². The van der Waals surface area contributed by atoms with Crippen LogP contribution in [0.5, 0.6) is 0 Å². The van der Waals surface area contributed by atoms with E-state index < -0.39 is 0 Å². The van der Waals surface area contributed by atoms with E-state index in [-0.39, 0.29) is 5.37 Å². The maximum atomic E-state index is 4.77. The minimum atomic E-state index is -0.0729. The highest BCUT2D eigenvalue weighted by Crippen LogP contribution is 2.42. The Labute approximate surface area is 175 Å². The second-order valence-electron chi connectivity index (χ2n) is 6.39. The summed E-state index contributed by atoms with van der Waals surface area (Å²) in [5, 5.41) is 27.5. The summed E-state index contributed by atoms with van der Waals surface area (Å²) in [4.78, 5) is 4.74. The summed E-state index contributed by atoms with van der Waals surface area (Å²) in [6.45, 7) is 3.91. The minimum Gasteiger partial charge on any atom is -0.256 e. The van der Waals surface area contributed by atoms with Gasteiger partial charge < -0.3 is 0 Å². The van der Waals surface area contributed by atoms with Gasteiger partial charge in [0.2, 0.25) is 11.1 Å². The first kappa shape index (κ1) is 18.0. The highest BCUT2D eigenvalue weighted by atomic mass is 32.2. The quantitative estimate of drug-likeness (QED) is 0.357. The van der Waals surface area contributed by atoms with Crippen molar-refractivity contribution in [2.75, 3.05) is 0 Å². The second kappa shape index (κ2) is 7.37. The second-order valence-corrected chi connectivity index (χ2v) is 8.82. The Bertz CT molecular complexity index is 1220. The first-order chi connectivity index (χ1) is 14.2. The Balaban J connectivity index is 1.65. The number of aromatic nitrogens is 5. The van der Waals surface area contributed by atoms with Gasteiger partial charge in [0.25, 0.3) is 0 Å². The van der Waals surface area contributed by atoms with E-state index >= 15 is 0 Å². The molecule has 0 aliphatic carbocycles. The van der Waals surface area contributed by atoms with Crippen molar-refractivity contribution >= 4 is 50.0 Å². The lowest BCUT2D eigenvalue weighted by Crippen LogP contribution is -2.31. The van der Waals surface area contributed by atoms with Crippen molar-refractivity contribution in [1.29, 1.82) is 0 Å². The SMILES string of the molecule is CC1=NN(C(=Nc2nnc(C)s2)n2cnnc2)[C@@H](c2cccc3ccccc23)S1. The monoisotopic (exact) mass is 420 g/mol. The molecule has 0 amide bonds. The van der Waals surface area contributed by atoms with Gasteiger partial charge in [0.15, 0.2) is 0 Å². The normalized spacial score (nSPS) is 17.2. The fourth-order valence-corrected chi connectivity index (χ4v) is 4.78. The van der Waals surface area contributed by atoms with Gasteiger partial charge in [-0.2, -0.15) is 10.1 Å². The maximum Gasteiger partial charge on any atom is 0.237 e. The molecule has 1 aliphatic heterocycles. The standard InChI is InChI=1S/C19H16N8S2/c1-12-23-24-18(29-12)22-19(26-10-20-21-11-26)27-17(28-13(2)25-27)16-9-5-7-14-6-3-4-8-15(14)16/h3-11,17H,1-2H3/t17-/m1/s1. The lowest BCUT2D eigenvalue weighted by molar-refractivity contribution is 0.426. The summed E-state index contributed by atoms with van der Waals surface area (Å²) < 4.78 is 1.75. The third-order valence-corrected chi connectivity index (χ3v) is 6.24. The van der Waals surface area contributed by atoms with E-state index in [1.807, 2.05) is 18.9 Å². The molecule has 2 aromatic heterocycles. The fourth-order valence-electron chi connectivity index (χ4n) is 3.20. The van der Waals surface area contributed by atoms with E-state index in [9.17, 15) is 0 Å². The van der Waals surface area contributed by atoms with Crippen molar-refractivity contribution in [2.24, 2.45) is 10.1 Å². The summed E-state index contributed by atoms with van der Waals surface area (Å²) in [5.41, 5.74) is 1.17. The Kier molecular flexibility index (Phi) is 4.57. The zero-order chi connectivity index (χ0) is 19.8. The molecule has 3 heterocycles. The lowest BCUT2D eigenvalue weighted by Gasteiger charge is -2.25. The van der Waals surface area contributed by atoms with Crippen molar-refractivity contribution in [2.45, 2.75) is 19.2 Å². The predicted molar refractivity (Wildman–Crippen MR) is 116 cm³/mol. The van der Waals surface area contributed by atoms with Crippen LogP contribution in [-0.4, -0.2) is 41.0 Å². The average molecular weight is 421 g/mol. The molecule has 0 unspecified atom stereocenters. The first-order valence-corrected chi connectivity index (χ1v) is 10.6. The van der Waals surface area contributed by atoms with E-state index in [2.05, 4.69) is 62.9 Å². The summed E-state index contributed by atoms with van der Waals surface area (Å²) >= 11 is 3.12. The number of aryl methyl sites for hydroxylation is 1. The van der Waals surface area contributed by atoms with Crippen LogP contribution in [0.25, 0.3) is 10.8 Å². The Hall–Kier alpha value is -3.11. The van der Waals surface area contributed by atoms with Crippen LogP contribution in [0.2, 0.25) is 0 Å². The number of nitrogens with zero attached hydrogens (tertiary/aromatic N) is 8. The van der Waals surface area contributed by atoms with E-state index in [0.29, 0.717) is 11.1 Å². The van der Waals surface area contributed by atoms with Crippen molar-refractivity contribution in [3.8, 4) is 0 Å². The number of thioether (sulfide) groups is 1. The summed E-state index contributed by atoms with van der Waals surface area (Å²) in [7, 11) is 0. The van der Waals surface area contributed by atoms with Gasteiger partial charge in [0.05, 0.1) is 5.04 Å². The lowest BCUT2D eigenvalue weighted by atomic mass is 10.0. The molecule has 1 aliphatic rings. The minimum absolute atomic E-state index is 0.0729. The molecule has 0 fully saturated rings. The third kappa shape index (κ3) is 3.40. The van der Waals surface area contributed by atoms with Crippen LogP contribution in [0.1, 0.15) is 22.9 Å². The number of hydrazone groups is 1. The zero-order valence-electron chi connectivity index (χ0n) is 15.7. The van der Waals surface area contributed by atoms with Crippen LogP contribution in [0.3, 0.4) is 0 Å². The zero-order valence-corrected chi connectivity index (χ0v) is 17.3. The molecule has 2 aromatic carbocycles. The Morgan fingerprint density at radius 3 is 2.59 bits per heavy atom. The number of benzene rings is 2. The van der Waals surface area contributed by atoms with Crippen LogP contribution >= 0.6 is 23.1 Å². The Morgan fingerprint density at radius 1 is 1.00 bits per heavy atom. The van der Waals surface area contributed by atoms with Crippen LogP contribution in [0, 0.1) is 6.92 Å². The van der Waals surface area contributed by atoms with E-state index in [0.717, 1.165) is 10.1 Å². The number of rotatable bonds is 2. The molecule has 29 heavy (non-hydrogen) atoms. The molecule has 0 N–H and O–H groups in total. The molecule has 4 aromatic rings. The van der Waals surface area contributed by atoms with Crippen LogP contribution in [0.4, 0.5) is 5.13 Å². The molecular formula is C19H16N8S2. The van der Waals surface area contributed by atoms with Gasteiger partial charge in [-0.15, -0.1) is 20.4 Å². The first-order valence-electron chi connectivity index (χ1n) is 8.91. The summed E-state index contributed by atoms with van der Waals surface area (Å²) in [6, 6.07) is 14.7. The van der Waals surface area contributed by atoms with E-state index in [1.54, 1.807) is 29.0 Å². The highest BCUT2D eigenvalue weighted by Gasteiger charge is 2.33. The number of hydrogen-bond acceptors (Lipinski definition) is 8. The van der Waals surface area contributed by atoms with Crippen LogP contribution < -0.4 is 0 Å². The van der Waals surface area contributed by atoms with Crippen molar-refractivity contribution in [3.05, 3.63) is 65.7 Å². The maximum absolute atomic E-state index is 4.77. The third-order valence-electron chi connectivity index (χ3n) is 4.41. The molecule has 10 heteroatoms. The smallest absolute Gasteiger partial charge is 0.237 e. The van der Waals surface area contributed by atoms with Gasteiger partial charge in [-0.05, 0) is 30.2 Å². The van der Waals surface area contributed by atoms with Crippen molar-refractivity contribution in [3.63, 3.8) is 0 Å². The van der Waals surface area contributed by atoms with Crippen molar-refractivity contribution < 1.29 is 0 Å². The van der Waals surface area contributed by atoms with Gasteiger partial charge in [-0.3, -0.25) is 4.57 Å². The molecule has 8 nitrogen and oxygen atoms in total.